The maximum atomic E-state index is 12.8. The van der Waals surface area contributed by atoms with E-state index in [4.69, 9.17) is 28.0 Å². The Kier molecular flexibility index (Phi) is 13.0. The van der Waals surface area contributed by atoms with Crippen LogP contribution in [0.2, 0.25) is 0 Å². The van der Waals surface area contributed by atoms with E-state index >= 15 is 0 Å². The summed E-state index contributed by atoms with van der Waals surface area (Å²) in [5, 5.41) is 17.1. The number of rotatable bonds is 17. The molecule has 0 radical (unpaired) electrons. The second-order valence-corrected chi connectivity index (χ2v) is 12.0. The fourth-order valence-corrected chi connectivity index (χ4v) is 5.87. The fraction of sp³-hybridized carbons (Fsp3) is 0.741. The molecule has 1 aromatic carbocycles. The minimum atomic E-state index is -3.33. The number of carbonyl (C=O) groups excluding carboxylic acids is 1. The molecule has 2 aliphatic rings. The van der Waals surface area contributed by atoms with E-state index < -0.39 is 25.8 Å². The predicted octanol–water partition coefficient (Wildman–Crippen LogP) is 3.68. The molecule has 1 aromatic rings. The average Bonchev–Trinajstić information content (AvgIpc) is 3.53. The van der Waals surface area contributed by atoms with Gasteiger partial charge in [0.05, 0.1) is 44.5 Å². The summed E-state index contributed by atoms with van der Waals surface area (Å²) in [5.41, 5.74) is 0.875. The molecule has 1 unspecified atom stereocenters. The molecular formula is C27H45N2O9P. The summed E-state index contributed by atoms with van der Waals surface area (Å²) in [6.07, 6.45) is -0.131. The van der Waals surface area contributed by atoms with Crippen molar-refractivity contribution >= 4 is 13.7 Å². The number of hydrogen-bond donors (Lipinski definition) is 3. The van der Waals surface area contributed by atoms with Gasteiger partial charge < -0.3 is 43.7 Å². The molecule has 1 amide bonds. The van der Waals surface area contributed by atoms with Crippen LogP contribution in [0.3, 0.4) is 0 Å². The minimum absolute atomic E-state index is 0.0321. The molecule has 2 aliphatic heterocycles. The lowest BCUT2D eigenvalue weighted by molar-refractivity contribution is -0.0907. The third kappa shape index (κ3) is 10.0. The Balaban J connectivity index is 1.59. The van der Waals surface area contributed by atoms with E-state index in [2.05, 4.69) is 24.5 Å². The van der Waals surface area contributed by atoms with Gasteiger partial charge in [0.1, 0.15) is 11.9 Å². The van der Waals surface area contributed by atoms with Gasteiger partial charge >= 0.3 is 13.7 Å². The first-order valence-corrected chi connectivity index (χ1v) is 15.7. The van der Waals surface area contributed by atoms with Gasteiger partial charge in [0.25, 0.3) is 0 Å². The van der Waals surface area contributed by atoms with Crippen LogP contribution in [0, 0.1) is 11.8 Å². The summed E-state index contributed by atoms with van der Waals surface area (Å²) in [6, 6.07) is 6.58. The maximum Gasteiger partial charge on any atom is 0.407 e. The van der Waals surface area contributed by atoms with Crippen LogP contribution < -0.4 is 15.4 Å². The second-order valence-electron chi connectivity index (χ2n) is 10.0. The number of nitrogens with one attached hydrogen (secondary N) is 2. The lowest BCUT2D eigenvalue weighted by atomic mass is 10.0. The van der Waals surface area contributed by atoms with Crippen LogP contribution in [0.25, 0.3) is 0 Å². The molecule has 0 spiro atoms. The number of carbonyl (C=O) groups is 1. The average molecular weight is 573 g/mol. The van der Waals surface area contributed by atoms with E-state index in [0.29, 0.717) is 37.8 Å². The summed E-state index contributed by atoms with van der Waals surface area (Å²) in [5.74, 6) is 1.02. The molecule has 2 saturated heterocycles. The normalized spacial score (nSPS) is 23.2. The van der Waals surface area contributed by atoms with Crippen LogP contribution in [-0.4, -0.2) is 81.6 Å². The minimum Gasteiger partial charge on any atom is -0.481 e. The van der Waals surface area contributed by atoms with Crippen LogP contribution in [0.1, 0.15) is 46.1 Å². The maximum absolute atomic E-state index is 12.8. The molecule has 11 nitrogen and oxygen atoms in total. The quantitative estimate of drug-likeness (QED) is 0.237. The zero-order valence-corrected chi connectivity index (χ0v) is 24.4. The predicted molar refractivity (Wildman–Crippen MR) is 146 cm³/mol. The third-order valence-corrected chi connectivity index (χ3v) is 8.72. The number of hydrogen-bond acceptors (Lipinski definition) is 10. The monoisotopic (exact) mass is 572 g/mol. The van der Waals surface area contributed by atoms with Crippen molar-refractivity contribution in [3.05, 3.63) is 29.8 Å². The summed E-state index contributed by atoms with van der Waals surface area (Å²) in [7, 11) is -3.33. The standard InChI is InChI=1S/C27H45N2O9P/c1-5-19(4)15-28-16-24(30)23(29-27(31)38-25-17-34-26-22(25)12-13-33-26)14-20-8-10-21(11-9-20)35-18-39(32,36-6-2)37-7-3/h8-11,19,22-26,28,30H,5-7,12-18H2,1-4H3,(H,29,31)/t19?,22-,23-,24+,25-,26+/m0/s1. The van der Waals surface area contributed by atoms with Gasteiger partial charge in [-0.15, -0.1) is 0 Å². The van der Waals surface area contributed by atoms with Gasteiger partial charge in [-0.25, -0.2) is 4.79 Å². The Morgan fingerprint density at radius 1 is 1.13 bits per heavy atom. The highest BCUT2D eigenvalue weighted by atomic mass is 31.2. The smallest absolute Gasteiger partial charge is 0.407 e. The number of ether oxygens (including phenoxy) is 4. The van der Waals surface area contributed by atoms with E-state index in [-0.39, 0.29) is 37.9 Å². The molecule has 0 aromatic heterocycles. The Hall–Kier alpha value is -1.72. The summed E-state index contributed by atoms with van der Waals surface area (Å²) < 4.78 is 45.6. The van der Waals surface area contributed by atoms with Crippen molar-refractivity contribution in [2.45, 2.75) is 71.5 Å². The van der Waals surface area contributed by atoms with Gasteiger partial charge in [-0.05, 0) is 56.8 Å². The molecule has 2 fully saturated rings. The van der Waals surface area contributed by atoms with Crippen molar-refractivity contribution in [1.82, 2.24) is 10.6 Å². The Labute approximate surface area is 231 Å². The number of alkyl carbamates (subject to hydrolysis) is 1. The van der Waals surface area contributed by atoms with Gasteiger partial charge in [-0.2, -0.15) is 0 Å². The molecule has 0 bridgehead atoms. The SMILES string of the molecule is CCOP(=O)(COc1ccc(C[C@H](NC(=O)O[C@H]2CO[C@H]3OCC[C@H]32)[C@H](O)CNCC(C)CC)cc1)OCC. The highest BCUT2D eigenvalue weighted by Crippen LogP contribution is 2.47. The zero-order chi connectivity index (χ0) is 28.3. The number of aliphatic hydroxyl groups excluding tert-OH is 1. The van der Waals surface area contributed by atoms with Crippen molar-refractivity contribution in [3.8, 4) is 5.75 Å². The summed E-state index contributed by atoms with van der Waals surface area (Å²) in [6.45, 7) is 10.3. The zero-order valence-electron chi connectivity index (χ0n) is 23.5. The van der Waals surface area contributed by atoms with Crippen LogP contribution >= 0.6 is 7.60 Å². The van der Waals surface area contributed by atoms with Crippen molar-refractivity contribution in [2.24, 2.45) is 11.8 Å². The van der Waals surface area contributed by atoms with Gasteiger partial charge in [0, 0.05) is 6.54 Å². The Morgan fingerprint density at radius 3 is 2.51 bits per heavy atom. The van der Waals surface area contributed by atoms with E-state index in [1.54, 1.807) is 26.0 Å². The van der Waals surface area contributed by atoms with Gasteiger partial charge in [0.2, 0.25) is 0 Å². The molecule has 2 heterocycles. The molecule has 3 N–H and O–H groups in total. The Bertz CT molecular complexity index is 909. The molecule has 39 heavy (non-hydrogen) atoms. The van der Waals surface area contributed by atoms with E-state index in [9.17, 15) is 14.5 Å². The number of amides is 1. The highest BCUT2D eigenvalue weighted by Gasteiger charge is 2.44. The van der Waals surface area contributed by atoms with Crippen LogP contribution in [0.5, 0.6) is 5.75 Å². The first-order valence-electron chi connectivity index (χ1n) is 14.0. The van der Waals surface area contributed by atoms with Crippen LogP contribution in [0.15, 0.2) is 24.3 Å². The van der Waals surface area contributed by atoms with Crippen LogP contribution in [-0.2, 0) is 34.2 Å². The second kappa shape index (κ2) is 15.9. The topological polar surface area (TPSA) is 134 Å². The van der Waals surface area contributed by atoms with E-state index in [1.165, 1.54) is 0 Å². The van der Waals surface area contributed by atoms with Gasteiger partial charge in [-0.1, -0.05) is 32.4 Å². The molecule has 12 heteroatoms. The largest absolute Gasteiger partial charge is 0.481 e. The first kappa shape index (κ1) is 31.8. The number of fused-ring (bicyclic) bond motifs is 1. The van der Waals surface area contributed by atoms with E-state index in [1.807, 2.05) is 12.1 Å². The number of aliphatic hydroxyl groups is 1. The molecule has 222 valence electrons. The van der Waals surface area contributed by atoms with Crippen molar-refractivity contribution in [3.63, 3.8) is 0 Å². The fourth-order valence-electron chi connectivity index (χ4n) is 4.55. The first-order chi connectivity index (χ1) is 18.8. The third-order valence-electron chi connectivity index (χ3n) is 6.97. The highest BCUT2D eigenvalue weighted by molar-refractivity contribution is 7.53. The van der Waals surface area contributed by atoms with Gasteiger partial charge in [0.15, 0.2) is 12.6 Å². The molecule has 6 atom stereocenters. The summed E-state index contributed by atoms with van der Waals surface area (Å²) in [4.78, 5) is 12.8. The van der Waals surface area contributed by atoms with Crippen molar-refractivity contribution in [1.29, 1.82) is 0 Å². The van der Waals surface area contributed by atoms with Gasteiger partial charge in [-0.3, -0.25) is 4.57 Å². The molecular weight excluding hydrogens is 527 g/mol. The Morgan fingerprint density at radius 2 is 1.85 bits per heavy atom. The van der Waals surface area contributed by atoms with Crippen molar-refractivity contribution in [2.75, 3.05) is 45.9 Å². The molecule has 0 saturated carbocycles. The lowest BCUT2D eigenvalue weighted by Gasteiger charge is -2.26. The lowest BCUT2D eigenvalue weighted by Crippen LogP contribution is -2.50. The van der Waals surface area contributed by atoms with Crippen molar-refractivity contribution < 1.29 is 42.5 Å². The molecule has 0 aliphatic carbocycles. The van der Waals surface area contributed by atoms with E-state index in [0.717, 1.165) is 24.9 Å². The molecule has 3 rings (SSSR count). The van der Waals surface area contributed by atoms with Crippen LogP contribution in [0.4, 0.5) is 4.79 Å². The summed E-state index contributed by atoms with van der Waals surface area (Å²) >= 11 is 0. The number of benzene rings is 1.